The topological polar surface area (TPSA) is 112 Å². The molecule has 0 aliphatic rings. The zero-order chi connectivity index (χ0) is 26.1. The first-order chi connectivity index (χ1) is 17.4. The van der Waals surface area contributed by atoms with Gasteiger partial charge >= 0.3 is 6.03 Å². The summed E-state index contributed by atoms with van der Waals surface area (Å²) in [7, 11) is 1.78. The van der Waals surface area contributed by atoms with Crippen molar-refractivity contribution < 1.29 is 14.3 Å². The average Bonchev–Trinajstić information content (AvgIpc) is 3.22. The zero-order valence-electron chi connectivity index (χ0n) is 21.4. The third-order valence-corrected chi connectivity index (χ3v) is 6.13. The summed E-state index contributed by atoms with van der Waals surface area (Å²) in [6.07, 6.45) is 2.32. The highest BCUT2D eigenvalue weighted by Gasteiger charge is 2.21. The molecule has 0 spiro atoms. The molecule has 0 aliphatic heterocycles. The summed E-state index contributed by atoms with van der Waals surface area (Å²) in [4.78, 5) is 32.0. The summed E-state index contributed by atoms with van der Waals surface area (Å²) in [5.74, 6) is 0.441. The van der Waals surface area contributed by atoms with Crippen LogP contribution < -0.4 is 15.5 Å². The van der Waals surface area contributed by atoms with Crippen LogP contribution >= 0.6 is 0 Å². The number of benzene rings is 2. The predicted molar refractivity (Wildman–Crippen MR) is 142 cm³/mol. The number of nitrogens with zero attached hydrogens (tertiary/aromatic N) is 4. The van der Waals surface area contributed by atoms with Crippen LogP contribution in [0.25, 0.3) is 11.0 Å². The highest BCUT2D eigenvalue weighted by Crippen LogP contribution is 2.27. The van der Waals surface area contributed by atoms with Crippen LogP contribution in [0.15, 0.2) is 42.5 Å². The molecule has 3 rings (SSSR count). The summed E-state index contributed by atoms with van der Waals surface area (Å²) in [6.45, 7) is 7.82. The highest BCUT2D eigenvalue weighted by molar-refractivity contribution is 6.00. The number of nitriles is 1. The Morgan fingerprint density at radius 3 is 2.61 bits per heavy atom. The number of hydrogen-bond donors (Lipinski definition) is 2. The second kappa shape index (κ2) is 12.7. The van der Waals surface area contributed by atoms with Gasteiger partial charge in [-0.05, 0) is 62.6 Å². The Balaban J connectivity index is 1.88. The van der Waals surface area contributed by atoms with Crippen LogP contribution in [0.5, 0.6) is 0 Å². The summed E-state index contributed by atoms with van der Waals surface area (Å²) in [6, 6.07) is 14.0. The zero-order valence-corrected chi connectivity index (χ0v) is 21.4. The summed E-state index contributed by atoms with van der Waals surface area (Å²) in [5, 5.41) is 14.7. The molecule has 0 bridgehead atoms. The Hall–Kier alpha value is -3.90. The number of nitrogens with one attached hydrogen (secondary N) is 2. The van der Waals surface area contributed by atoms with Crippen LogP contribution in [-0.4, -0.2) is 41.8 Å². The number of carbonyl (C=O) groups is 2. The van der Waals surface area contributed by atoms with Gasteiger partial charge in [-0.15, -0.1) is 0 Å². The van der Waals surface area contributed by atoms with Gasteiger partial charge in [-0.2, -0.15) is 5.26 Å². The quantitative estimate of drug-likeness (QED) is 0.351. The van der Waals surface area contributed by atoms with Crippen molar-refractivity contribution in [2.24, 2.45) is 5.92 Å². The number of anilines is 3. The molecule has 0 radical (unpaired) electrons. The van der Waals surface area contributed by atoms with Crippen molar-refractivity contribution in [1.29, 1.82) is 5.26 Å². The molecule has 0 saturated heterocycles. The van der Waals surface area contributed by atoms with Gasteiger partial charge < -0.3 is 19.5 Å². The Morgan fingerprint density at radius 2 is 1.92 bits per heavy atom. The number of aromatic nitrogens is 2. The molecule has 0 atom stereocenters. The van der Waals surface area contributed by atoms with E-state index < -0.39 is 6.03 Å². The molecule has 190 valence electrons. The Labute approximate surface area is 212 Å². The van der Waals surface area contributed by atoms with E-state index in [-0.39, 0.29) is 11.8 Å². The number of imidazole rings is 1. The van der Waals surface area contributed by atoms with E-state index >= 15 is 0 Å². The number of ether oxygens (including phenoxy) is 1. The fourth-order valence-electron chi connectivity index (χ4n) is 4.09. The van der Waals surface area contributed by atoms with E-state index in [9.17, 15) is 9.59 Å². The fourth-order valence-corrected chi connectivity index (χ4v) is 4.09. The van der Waals surface area contributed by atoms with Crippen LogP contribution in [0.3, 0.4) is 0 Å². The van der Waals surface area contributed by atoms with Crippen LogP contribution in [-0.2, 0) is 16.1 Å². The number of rotatable bonds is 11. The molecule has 9 nitrogen and oxygen atoms in total. The molecular weight excluding hydrogens is 456 g/mol. The molecule has 0 fully saturated rings. The summed E-state index contributed by atoms with van der Waals surface area (Å²) >= 11 is 0. The van der Waals surface area contributed by atoms with Crippen molar-refractivity contribution in [1.82, 2.24) is 9.55 Å². The van der Waals surface area contributed by atoms with E-state index in [1.807, 2.05) is 43.5 Å². The molecule has 9 heteroatoms. The molecule has 36 heavy (non-hydrogen) atoms. The number of carbonyl (C=O) groups excluding carboxylic acids is 2. The van der Waals surface area contributed by atoms with Gasteiger partial charge in [0.05, 0.1) is 22.7 Å². The Bertz CT molecular complexity index is 1240. The minimum atomic E-state index is -0.465. The molecule has 2 N–H and O–H groups in total. The molecule has 0 unspecified atom stereocenters. The molecule has 0 saturated carbocycles. The second-order valence-corrected chi connectivity index (χ2v) is 8.49. The number of hydrogen-bond acceptors (Lipinski definition) is 5. The predicted octanol–water partition coefficient (Wildman–Crippen LogP) is 5.38. The highest BCUT2D eigenvalue weighted by atomic mass is 16.5. The van der Waals surface area contributed by atoms with Crippen molar-refractivity contribution in [2.75, 3.05) is 35.8 Å². The normalized spacial score (nSPS) is 10.9. The maximum absolute atomic E-state index is 12.9. The largest absolute Gasteiger partial charge is 0.382 e. The molecule has 1 aromatic heterocycles. The molecule has 3 amide bonds. The number of fused-ring (bicyclic) bond motifs is 1. The van der Waals surface area contributed by atoms with Gasteiger partial charge in [0.25, 0.3) is 0 Å². The lowest BCUT2D eigenvalue weighted by Crippen LogP contribution is -2.32. The van der Waals surface area contributed by atoms with Crippen molar-refractivity contribution in [3.8, 4) is 6.07 Å². The fraction of sp³-hybridized carbons (Fsp3) is 0.407. The Kier molecular flexibility index (Phi) is 9.42. The van der Waals surface area contributed by atoms with Crippen LogP contribution in [0.2, 0.25) is 0 Å². The van der Waals surface area contributed by atoms with Crippen molar-refractivity contribution >= 4 is 40.3 Å². The van der Waals surface area contributed by atoms with E-state index in [0.717, 1.165) is 30.5 Å². The van der Waals surface area contributed by atoms with Gasteiger partial charge in [0.2, 0.25) is 11.9 Å². The van der Waals surface area contributed by atoms with E-state index in [1.54, 1.807) is 36.2 Å². The SMILES string of the molecule is CCOCCCn1c(NC(=O)Nc2cccc(C#N)c2)nc2cc(N(C)C(=O)C(CC)CC)ccc21. The van der Waals surface area contributed by atoms with Crippen molar-refractivity contribution in [3.05, 3.63) is 48.0 Å². The van der Waals surface area contributed by atoms with Crippen LogP contribution in [0, 0.1) is 17.2 Å². The third kappa shape index (κ3) is 6.40. The van der Waals surface area contributed by atoms with Gasteiger partial charge in [0.1, 0.15) is 0 Å². The lowest BCUT2D eigenvalue weighted by Gasteiger charge is -2.22. The van der Waals surface area contributed by atoms with Gasteiger partial charge in [-0.3, -0.25) is 10.1 Å². The van der Waals surface area contributed by atoms with Crippen molar-refractivity contribution in [2.45, 2.75) is 46.6 Å². The Morgan fingerprint density at radius 1 is 1.14 bits per heavy atom. The van der Waals surface area contributed by atoms with Crippen LogP contribution in [0.4, 0.5) is 22.1 Å². The first-order valence-corrected chi connectivity index (χ1v) is 12.4. The average molecular weight is 491 g/mol. The van der Waals surface area contributed by atoms with Gasteiger partial charge in [0.15, 0.2) is 0 Å². The van der Waals surface area contributed by atoms with Gasteiger partial charge in [-0.1, -0.05) is 19.9 Å². The monoisotopic (exact) mass is 490 g/mol. The lowest BCUT2D eigenvalue weighted by molar-refractivity contribution is -0.122. The number of amides is 3. The minimum absolute atomic E-state index is 0.0257. The van der Waals surface area contributed by atoms with Gasteiger partial charge in [0, 0.05) is 44.1 Å². The molecule has 2 aromatic carbocycles. The van der Waals surface area contributed by atoms with Crippen molar-refractivity contribution in [3.63, 3.8) is 0 Å². The number of aryl methyl sites for hydroxylation is 1. The first-order valence-electron chi connectivity index (χ1n) is 12.4. The molecule has 1 heterocycles. The molecule has 3 aromatic rings. The number of urea groups is 1. The van der Waals surface area contributed by atoms with Crippen LogP contribution in [0.1, 0.15) is 45.6 Å². The second-order valence-electron chi connectivity index (χ2n) is 8.49. The maximum atomic E-state index is 12.9. The lowest BCUT2D eigenvalue weighted by atomic mass is 10.0. The van der Waals surface area contributed by atoms with E-state index in [2.05, 4.69) is 21.7 Å². The maximum Gasteiger partial charge on any atom is 0.326 e. The summed E-state index contributed by atoms with van der Waals surface area (Å²) < 4.78 is 7.42. The third-order valence-electron chi connectivity index (χ3n) is 6.13. The molecular formula is C27H34N6O3. The van der Waals surface area contributed by atoms with E-state index in [0.29, 0.717) is 42.5 Å². The van der Waals surface area contributed by atoms with E-state index in [4.69, 9.17) is 10.00 Å². The minimum Gasteiger partial charge on any atom is -0.382 e. The smallest absolute Gasteiger partial charge is 0.326 e. The van der Waals surface area contributed by atoms with Gasteiger partial charge in [-0.25, -0.2) is 9.78 Å². The molecule has 0 aliphatic carbocycles. The van der Waals surface area contributed by atoms with E-state index in [1.165, 1.54) is 0 Å². The summed E-state index contributed by atoms with van der Waals surface area (Å²) in [5.41, 5.74) is 3.24. The standard InChI is InChI=1S/C27H34N6O3/c1-5-20(6-2)25(34)32(4)22-12-13-24-23(17-22)30-26(33(24)14-9-15-36-7-3)31-27(35)29-21-11-8-10-19(16-21)18-28/h8,10-13,16-17,20H,5-7,9,14-15H2,1-4H3,(H2,29,30,31,35). The first kappa shape index (κ1) is 26.7.